The number of rotatable bonds is 4. The summed E-state index contributed by atoms with van der Waals surface area (Å²) in [5.41, 5.74) is 1.64. The minimum atomic E-state index is 0.630. The maximum absolute atomic E-state index is 6.12. The third-order valence-corrected chi connectivity index (χ3v) is 3.47. The summed E-state index contributed by atoms with van der Waals surface area (Å²) in [6, 6.07) is 16.7. The predicted octanol–water partition coefficient (Wildman–Crippen LogP) is 5.27. The Kier molecular flexibility index (Phi) is 4.42. The van der Waals surface area contributed by atoms with Crippen molar-refractivity contribution in [3.05, 3.63) is 71.0 Å². The standard InChI is InChI=1S/C16H12Cl2N4/c17-11-4-3-5-12(8-11)21-15-9-16(20-10-19-15)22-14-7-2-1-6-13(14)18/h1-10H,(H2,19,20,21,22). The van der Waals surface area contributed by atoms with Crippen molar-refractivity contribution < 1.29 is 0 Å². The summed E-state index contributed by atoms with van der Waals surface area (Å²) in [4.78, 5) is 8.38. The van der Waals surface area contributed by atoms with E-state index in [0.717, 1.165) is 11.4 Å². The van der Waals surface area contributed by atoms with E-state index in [1.165, 1.54) is 6.33 Å². The molecule has 3 aromatic rings. The molecule has 0 aliphatic heterocycles. The quantitative estimate of drug-likeness (QED) is 0.684. The lowest BCUT2D eigenvalue weighted by Crippen LogP contribution is -1.98. The molecule has 22 heavy (non-hydrogen) atoms. The van der Waals surface area contributed by atoms with E-state index in [9.17, 15) is 0 Å². The van der Waals surface area contributed by atoms with Crippen molar-refractivity contribution in [3.8, 4) is 0 Å². The average molecular weight is 331 g/mol. The highest BCUT2D eigenvalue weighted by atomic mass is 35.5. The Hall–Kier alpha value is -2.30. The van der Waals surface area contributed by atoms with E-state index in [1.807, 2.05) is 48.5 Å². The Balaban J connectivity index is 1.79. The van der Waals surface area contributed by atoms with Crippen molar-refractivity contribution in [3.63, 3.8) is 0 Å². The summed E-state index contributed by atoms with van der Waals surface area (Å²) in [5, 5.41) is 7.63. The molecule has 2 aromatic carbocycles. The fourth-order valence-corrected chi connectivity index (χ4v) is 2.28. The smallest absolute Gasteiger partial charge is 0.135 e. The first-order valence-corrected chi connectivity index (χ1v) is 7.32. The molecule has 0 unspecified atom stereocenters. The van der Waals surface area contributed by atoms with Gasteiger partial charge in [-0.25, -0.2) is 9.97 Å². The summed E-state index contributed by atoms with van der Waals surface area (Å²) in [6.07, 6.45) is 1.48. The molecule has 2 N–H and O–H groups in total. The molecule has 3 rings (SSSR count). The van der Waals surface area contributed by atoms with E-state index < -0.39 is 0 Å². The molecular weight excluding hydrogens is 319 g/mol. The first-order chi connectivity index (χ1) is 10.7. The predicted molar refractivity (Wildman–Crippen MR) is 91.5 cm³/mol. The van der Waals surface area contributed by atoms with E-state index in [0.29, 0.717) is 21.7 Å². The minimum Gasteiger partial charge on any atom is -0.340 e. The van der Waals surface area contributed by atoms with Crippen LogP contribution in [0.15, 0.2) is 60.9 Å². The molecule has 0 atom stereocenters. The van der Waals surface area contributed by atoms with Crippen LogP contribution in [0.2, 0.25) is 10.0 Å². The van der Waals surface area contributed by atoms with Gasteiger partial charge >= 0.3 is 0 Å². The molecule has 1 aromatic heterocycles. The van der Waals surface area contributed by atoms with Crippen LogP contribution in [-0.2, 0) is 0 Å². The Morgan fingerprint density at radius 1 is 0.773 bits per heavy atom. The third kappa shape index (κ3) is 3.67. The molecule has 0 fully saturated rings. The second-order valence-corrected chi connectivity index (χ2v) is 5.37. The van der Waals surface area contributed by atoms with Crippen molar-refractivity contribution in [2.24, 2.45) is 0 Å². The lowest BCUT2D eigenvalue weighted by atomic mass is 10.3. The Morgan fingerprint density at radius 3 is 2.32 bits per heavy atom. The SMILES string of the molecule is Clc1cccc(Nc2cc(Nc3ccccc3Cl)ncn2)c1. The summed E-state index contributed by atoms with van der Waals surface area (Å²) in [6.45, 7) is 0. The molecule has 0 spiro atoms. The van der Waals surface area contributed by atoms with Gasteiger partial charge in [0.2, 0.25) is 0 Å². The third-order valence-electron chi connectivity index (χ3n) is 2.90. The molecule has 6 heteroatoms. The van der Waals surface area contributed by atoms with Crippen LogP contribution in [0.1, 0.15) is 0 Å². The normalized spacial score (nSPS) is 10.3. The highest BCUT2D eigenvalue weighted by Gasteiger charge is 2.03. The Bertz CT molecular complexity index is 792. The van der Waals surface area contributed by atoms with E-state index in [1.54, 1.807) is 6.07 Å². The summed E-state index contributed by atoms with van der Waals surface area (Å²) in [7, 11) is 0. The lowest BCUT2D eigenvalue weighted by molar-refractivity contribution is 1.17. The number of nitrogens with one attached hydrogen (secondary N) is 2. The van der Waals surface area contributed by atoms with Gasteiger partial charge < -0.3 is 10.6 Å². The van der Waals surface area contributed by atoms with Crippen LogP contribution >= 0.6 is 23.2 Å². The largest absolute Gasteiger partial charge is 0.340 e. The maximum atomic E-state index is 6.12. The van der Waals surface area contributed by atoms with Crippen molar-refractivity contribution in [2.45, 2.75) is 0 Å². The first kappa shape index (κ1) is 14.6. The molecule has 0 aliphatic carbocycles. The number of para-hydroxylation sites is 1. The Labute approximate surface area is 138 Å². The molecular formula is C16H12Cl2N4. The van der Waals surface area contributed by atoms with Gasteiger partial charge in [0.15, 0.2) is 0 Å². The molecule has 0 aliphatic rings. The van der Waals surface area contributed by atoms with E-state index >= 15 is 0 Å². The fraction of sp³-hybridized carbons (Fsp3) is 0. The number of hydrogen-bond donors (Lipinski definition) is 2. The average Bonchev–Trinajstić information content (AvgIpc) is 2.50. The highest BCUT2D eigenvalue weighted by molar-refractivity contribution is 6.33. The van der Waals surface area contributed by atoms with Gasteiger partial charge in [0.05, 0.1) is 10.7 Å². The lowest BCUT2D eigenvalue weighted by Gasteiger charge is -2.09. The number of anilines is 4. The summed E-state index contributed by atoms with van der Waals surface area (Å²) >= 11 is 12.1. The summed E-state index contributed by atoms with van der Waals surface area (Å²) < 4.78 is 0. The molecule has 0 bridgehead atoms. The van der Waals surface area contributed by atoms with Crippen LogP contribution in [0, 0.1) is 0 Å². The van der Waals surface area contributed by atoms with Gasteiger partial charge in [-0.05, 0) is 30.3 Å². The van der Waals surface area contributed by atoms with Crippen LogP contribution < -0.4 is 10.6 Å². The van der Waals surface area contributed by atoms with Gasteiger partial charge in [-0.1, -0.05) is 41.4 Å². The molecule has 0 radical (unpaired) electrons. The maximum Gasteiger partial charge on any atom is 0.135 e. The van der Waals surface area contributed by atoms with E-state index in [4.69, 9.17) is 23.2 Å². The fourth-order valence-electron chi connectivity index (χ4n) is 1.91. The van der Waals surface area contributed by atoms with Gasteiger partial charge in [-0.3, -0.25) is 0 Å². The highest BCUT2D eigenvalue weighted by Crippen LogP contribution is 2.25. The number of aromatic nitrogens is 2. The summed E-state index contributed by atoms with van der Waals surface area (Å²) in [5.74, 6) is 1.31. The Morgan fingerprint density at radius 2 is 1.55 bits per heavy atom. The van der Waals surface area contributed by atoms with Crippen molar-refractivity contribution in [1.29, 1.82) is 0 Å². The second kappa shape index (κ2) is 6.64. The molecule has 0 amide bonds. The zero-order valence-electron chi connectivity index (χ0n) is 11.4. The van der Waals surface area contributed by atoms with Gasteiger partial charge in [0, 0.05) is 16.8 Å². The van der Waals surface area contributed by atoms with Crippen molar-refractivity contribution >= 4 is 46.2 Å². The van der Waals surface area contributed by atoms with Crippen molar-refractivity contribution in [1.82, 2.24) is 9.97 Å². The molecule has 0 saturated carbocycles. The molecule has 4 nitrogen and oxygen atoms in total. The van der Waals surface area contributed by atoms with E-state index in [2.05, 4.69) is 20.6 Å². The molecule has 1 heterocycles. The van der Waals surface area contributed by atoms with E-state index in [-0.39, 0.29) is 0 Å². The molecule has 110 valence electrons. The number of nitrogens with zero attached hydrogens (tertiary/aromatic N) is 2. The first-order valence-electron chi connectivity index (χ1n) is 6.57. The van der Waals surface area contributed by atoms with Gasteiger partial charge in [-0.2, -0.15) is 0 Å². The number of halogens is 2. The second-order valence-electron chi connectivity index (χ2n) is 4.53. The zero-order chi connectivity index (χ0) is 15.4. The number of benzene rings is 2. The van der Waals surface area contributed by atoms with Crippen LogP contribution in [0.3, 0.4) is 0 Å². The minimum absolute atomic E-state index is 0.630. The zero-order valence-corrected chi connectivity index (χ0v) is 12.9. The monoisotopic (exact) mass is 330 g/mol. The van der Waals surface area contributed by atoms with Crippen molar-refractivity contribution in [2.75, 3.05) is 10.6 Å². The van der Waals surface area contributed by atoms with Crippen LogP contribution in [0.4, 0.5) is 23.0 Å². The van der Waals surface area contributed by atoms with Gasteiger partial charge in [0.25, 0.3) is 0 Å². The number of hydrogen-bond acceptors (Lipinski definition) is 4. The van der Waals surface area contributed by atoms with Crippen LogP contribution in [0.25, 0.3) is 0 Å². The van der Waals surface area contributed by atoms with Crippen LogP contribution in [0.5, 0.6) is 0 Å². The molecule has 0 saturated heterocycles. The topological polar surface area (TPSA) is 49.8 Å². The van der Waals surface area contributed by atoms with Gasteiger partial charge in [0.1, 0.15) is 18.0 Å². The van der Waals surface area contributed by atoms with Gasteiger partial charge in [-0.15, -0.1) is 0 Å². The van der Waals surface area contributed by atoms with Crippen LogP contribution in [-0.4, -0.2) is 9.97 Å².